The first-order valence-corrected chi connectivity index (χ1v) is 7.18. The van der Waals surface area contributed by atoms with Gasteiger partial charge in [-0.1, -0.05) is 40.2 Å². The molecule has 0 aliphatic heterocycles. The minimum Gasteiger partial charge on any atom is -0.388 e. The van der Waals surface area contributed by atoms with Gasteiger partial charge in [-0.3, -0.25) is 4.57 Å². The maximum Gasteiger partial charge on any atom is 0.100 e. The van der Waals surface area contributed by atoms with Crippen LogP contribution in [-0.4, -0.2) is 20.0 Å². The van der Waals surface area contributed by atoms with Crippen LogP contribution in [0.5, 0.6) is 0 Å². The van der Waals surface area contributed by atoms with E-state index in [-0.39, 0.29) is 0 Å². The van der Waals surface area contributed by atoms with Crippen molar-refractivity contribution >= 4 is 27.0 Å². The number of hydrogen-bond donors (Lipinski definition) is 1. The van der Waals surface area contributed by atoms with Crippen LogP contribution in [0.2, 0.25) is 0 Å². The van der Waals surface area contributed by atoms with Gasteiger partial charge in [0.2, 0.25) is 0 Å². The fraction of sp³-hybridized carbons (Fsp3) is 0.133. The Morgan fingerprint density at radius 3 is 2.58 bits per heavy atom. The Balaban J connectivity index is 2.02. The van der Waals surface area contributed by atoms with E-state index in [0.29, 0.717) is 5.33 Å². The molecule has 0 bridgehead atoms. The molecule has 1 unspecified atom stereocenters. The maximum absolute atomic E-state index is 9.76. The first-order valence-electron chi connectivity index (χ1n) is 6.06. The Bertz CT molecular complexity index is 691. The number of aliphatic hydroxyl groups excluding tert-OH is 1. The Hall–Kier alpha value is -1.65. The molecule has 0 radical (unpaired) electrons. The van der Waals surface area contributed by atoms with Gasteiger partial charge in [-0.2, -0.15) is 0 Å². The summed E-state index contributed by atoms with van der Waals surface area (Å²) in [5.41, 5.74) is 4.01. The number of aliphatic hydroxyl groups is 1. The molecule has 0 fully saturated rings. The number of halogens is 1. The molecule has 19 heavy (non-hydrogen) atoms. The summed E-state index contributed by atoms with van der Waals surface area (Å²) in [6.45, 7) is 0. The van der Waals surface area contributed by atoms with Gasteiger partial charge in [0, 0.05) is 11.0 Å². The van der Waals surface area contributed by atoms with E-state index in [1.54, 1.807) is 0 Å². The van der Waals surface area contributed by atoms with E-state index in [0.717, 1.165) is 22.3 Å². The highest BCUT2D eigenvalue weighted by Crippen LogP contribution is 2.21. The van der Waals surface area contributed by atoms with E-state index in [2.05, 4.69) is 20.9 Å². The number of para-hydroxylation sites is 2. The molecule has 1 N–H and O–H groups in total. The van der Waals surface area contributed by atoms with Gasteiger partial charge >= 0.3 is 0 Å². The largest absolute Gasteiger partial charge is 0.388 e. The van der Waals surface area contributed by atoms with Gasteiger partial charge in [0.05, 0.1) is 17.1 Å². The van der Waals surface area contributed by atoms with E-state index >= 15 is 0 Å². The molecular formula is C15H13BrN2O. The molecule has 4 heteroatoms. The predicted octanol–water partition coefficient (Wildman–Crippen LogP) is 3.45. The second-order valence-corrected chi connectivity index (χ2v) is 5.01. The third-order valence-electron chi connectivity index (χ3n) is 3.16. The Morgan fingerprint density at radius 2 is 1.84 bits per heavy atom. The molecular weight excluding hydrogens is 304 g/mol. The Kier molecular flexibility index (Phi) is 3.36. The molecule has 0 aliphatic rings. The van der Waals surface area contributed by atoms with Crippen molar-refractivity contribution in [3.63, 3.8) is 0 Å². The molecule has 96 valence electrons. The Labute approximate surface area is 119 Å². The van der Waals surface area contributed by atoms with Crippen LogP contribution < -0.4 is 0 Å². The number of nitrogens with zero attached hydrogens (tertiary/aromatic N) is 2. The summed E-state index contributed by atoms with van der Waals surface area (Å²) in [5.74, 6) is 0. The molecule has 0 aliphatic carbocycles. The van der Waals surface area contributed by atoms with E-state index in [4.69, 9.17) is 0 Å². The predicted molar refractivity (Wildman–Crippen MR) is 79.8 cm³/mol. The molecule has 1 atom stereocenters. The molecule has 0 saturated carbocycles. The van der Waals surface area contributed by atoms with Crippen LogP contribution in [0, 0.1) is 0 Å². The van der Waals surface area contributed by atoms with Crippen molar-refractivity contribution in [2.24, 2.45) is 0 Å². The Morgan fingerprint density at radius 1 is 1.11 bits per heavy atom. The molecule has 3 rings (SSSR count). The number of aromatic nitrogens is 2. The zero-order valence-electron chi connectivity index (χ0n) is 10.2. The summed E-state index contributed by atoms with van der Waals surface area (Å²) in [6.07, 6.45) is 1.36. The van der Waals surface area contributed by atoms with Gasteiger partial charge in [-0.15, -0.1) is 0 Å². The van der Waals surface area contributed by atoms with E-state index < -0.39 is 6.10 Å². The molecule has 2 aromatic carbocycles. The minimum atomic E-state index is -0.464. The third-order valence-corrected chi connectivity index (χ3v) is 3.77. The van der Waals surface area contributed by atoms with Crippen molar-refractivity contribution in [2.75, 3.05) is 5.33 Å². The second kappa shape index (κ2) is 5.15. The molecule has 1 aromatic heterocycles. The lowest BCUT2D eigenvalue weighted by molar-refractivity contribution is 0.205. The summed E-state index contributed by atoms with van der Waals surface area (Å²) >= 11 is 3.28. The quantitative estimate of drug-likeness (QED) is 0.751. The number of hydrogen-bond acceptors (Lipinski definition) is 2. The molecule has 1 heterocycles. The standard InChI is InChI=1S/C15H13BrN2O/c16-9-15(19)11-5-7-12(8-6-11)18-10-17-13-3-1-2-4-14(13)18/h1-8,10,15,19H,9H2. The number of benzene rings is 2. The van der Waals surface area contributed by atoms with Crippen LogP contribution in [0.4, 0.5) is 0 Å². The van der Waals surface area contributed by atoms with Crippen molar-refractivity contribution in [1.82, 2.24) is 9.55 Å². The van der Waals surface area contributed by atoms with Crippen molar-refractivity contribution < 1.29 is 5.11 Å². The van der Waals surface area contributed by atoms with Gasteiger partial charge in [-0.25, -0.2) is 4.98 Å². The normalized spacial score (nSPS) is 12.7. The van der Waals surface area contributed by atoms with Crippen LogP contribution >= 0.6 is 15.9 Å². The fourth-order valence-electron chi connectivity index (χ4n) is 2.11. The average molecular weight is 317 g/mol. The summed E-state index contributed by atoms with van der Waals surface area (Å²) in [4.78, 5) is 4.37. The number of alkyl halides is 1. The minimum absolute atomic E-state index is 0.464. The van der Waals surface area contributed by atoms with Gasteiger partial charge in [-0.05, 0) is 29.8 Å². The van der Waals surface area contributed by atoms with Gasteiger partial charge in [0.1, 0.15) is 6.33 Å². The number of rotatable bonds is 3. The van der Waals surface area contributed by atoms with Crippen molar-refractivity contribution in [1.29, 1.82) is 0 Å². The summed E-state index contributed by atoms with van der Waals surface area (Å²) < 4.78 is 2.04. The van der Waals surface area contributed by atoms with Crippen LogP contribution in [0.3, 0.4) is 0 Å². The van der Waals surface area contributed by atoms with Gasteiger partial charge < -0.3 is 5.11 Å². The number of fused-ring (bicyclic) bond motifs is 1. The van der Waals surface area contributed by atoms with E-state index in [9.17, 15) is 5.11 Å². The molecule has 3 aromatic rings. The van der Waals surface area contributed by atoms with Crippen LogP contribution in [0.1, 0.15) is 11.7 Å². The van der Waals surface area contributed by atoms with Gasteiger partial charge in [0.25, 0.3) is 0 Å². The topological polar surface area (TPSA) is 38.0 Å². The van der Waals surface area contributed by atoms with Gasteiger partial charge in [0.15, 0.2) is 0 Å². The highest BCUT2D eigenvalue weighted by molar-refractivity contribution is 9.09. The van der Waals surface area contributed by atoms with Crippen LogP contribution in [-0.2, 0) is 0 Å². The monoisotopic (exact) mass is 316 g/mol. The van der Waals surface area contributed by atoms with E-state index in [1.807, 2.05) is 59.4 Å². The second-order valence-electron chi connectivity index (χ2n) is 4.36. The smallest absolute Gasteiger partial charge is 0.100 e. The SMILES string of the molecule is OC(CBr)c1ccc(-n2cnc3ccccc32)cc1. The summed E-state index contributed by atoms with van der Waals surface area (Å²) in [6, 6.07) is 15.9. The highest BCUT2D eigenvalue weighted by Gasteiger charge is 2.07. The highest BCUT2D eigenvalue weighted by atomic mass is 79.9. The van der Waals surface area contributed by atoms with Crippen molar-refractivity contribution in [3.05, 3.63) is 60.4 Å². The average Bonchev–Trinajstić information content (AvgIpc) is 2.90. The maximum atomic E-state index is 9.76. The van der Waals surface area contributed by atoms with Crippen LogP contribution in [0.25, 0.3) is 16.7 Å². The fourth-order valence-corrected chi connectivity index (χ4v) is 2.48. The first-order chi connectivity index (χ1) is 9.29. The van der Waals surface area contributed by atoms with Crippen molar-refractivity contribution in [2.45, 2.75) is 6.10 Å². The lowest BCUT2D eigenvalue weighted by Crippen LogP contribution is -1.99. The zero-order valence-corrected chi connectivity index (χ0v) is 11.8. The third kappa shape index (κ3) is 2.29. The lowest BCUT2D eigenvalue weighted by atomic mass is 10.1. The number of imidazole rings is 1. The first kappa shape index (κ1) is 12.4. The lowest BCUT2D eigenvalue weighted by Gasteiger charge is -2.09. The summed E-state index contributed by atoms with van der Waals surface area (Å²) in [5, 5.41) is 10.3. The molecule has 0 saturated heterocycles. The van der Waals surface area contributed by atoms with E-state index in [1.165, 1.54) is 0 Å². The van der Waals surface area contributed by atoms with Crippen molar-refractivity contribution in [3.8, 4) is 5.69 Å². The molecule has 0 spiro atoms. The molecule has 3 nitrogen and oxygen atoms in total. The summed E-state index contributed by atoms with van der Waals surface area (Å²) in [7, 11) is 0. The molecule has 0 amide bonds. The van der Waals surface area contributed by atoms with Crippen LogP contribution in [0.15, 0.2) is 54.9 Å². The zero-order chi connectivity index (χ0) is 13.2.